The van der Waals surface area contributed by atoms with Crippen molar-refractivity contribution in [3.8, 4) is 5.75 Å². The molecular weight excluding hydrogens is 408 g/mol. The number of methoxy groups -OCH3 is 1. The van der Waals surface area contributed by atoms with Crippen LogP contribution in [-0.2, 0) is 10.1 Å². The molecule has 0 bridgehead atoms. The van der Waals surface area contributed by atoms with Crippen molar-refractivity contribution in [2.24, 2.45) is 10.2 Å². The first-order chi connectivity index (χ1) is 14.3. The molecule has 0 aliphatic carbocycles. The zero-order valence-electron chi connectivity index (χ0n) is 15.8. The van der Waals surface area contributed by atoms with Crippen molar-refractivity contribution in [1.29, 1.82) is 0 Å². The average molecular weight is 426 g/mol. The molecule has 10 heteroatoms. The molecule has 3 aromatic carbocycles. The summed E-state index contributed by atoms with van der Waals surface area (Å²) in [5, 5.41) is 13.4. The summed E-state index contributed by atoms with van der Waals surface area (Å²) in [6.45, 7) is 0. The van der Waals surface area contributed by atoms with E-state index >= 15 is 0 Å². The fourth-order valence-corrected chi connectivity index (χ4v) is 2.99. The van der Waals surface area contributed by atoms with Crippen LogP contribution >= 0.6 is 0 Å². The second kappa shape index (κ2) is 9.16. The number of hydrogen-bond acceptors (Lipinski definition) is 6. The highest BCUT2D eigenvalue weighted by atomic mass is 32.2. The van der Waals surface area contributed by atoms with Crippen LogP contribution in [0.3, 0.4) is 0 Å². The van der Waals surface area contributed by atoms with Crippen LogP contribution in [0, 0.1) is 0 Å². The molecule has 0 unspecified atom stereocenters. The smallest absolute Gasteiger partial charge is 0.323 e. The Morgan fingerprint density at radius 2 is 1.60 bits per heavy atom. The lowest BCUT2D eigenvalue weighted by Gasteiger charge is -2.11. The standard InChI is InChI=1S/C20H18N4O5S/c1-29-19-13-16(24-23-15-8-5-9-17(12-15)30(26,27)28)10-11-18(19)22-20(25)21-14-6-3-2-4-7-14/h2-13H,1H3,(H2,21,22,25)(H,26,27,28). The monoisotopic (exact) mass is 426 g/mol. The molecule has 0 spiro atoms. The Bertz CT molecular complexity index is 1180. The summed E-state index contributed by atoms with van der Waals surface area (Å²) in [6.07, 6.45) is 0. The molecule has 0 saturated carbocycles. The minimum absolute atomic E-state index is 0.244. The highest BCUT2D eigenvalue weighted by molar-refractivity contribution is 7.85. The number of amides is 2. The Balaban J connectivity index is 1.74. The van der Waals surface area contributed by atoms with Crippen molar-refractivity contribution in [1.82, 2.24) is 0 Å². The van der Waals surface area contributed by atoms with Crippen LogP contribution in [0.2, 0.25) is 0 Å². The summed E-state index contributed by atoms with van der Waals surface area (Å²) < 4.78 is 36.8. The van der Waals surface area contributed by atoms with Gasteiger partial charge in [-0.3, -0.25) is 4.55 Å². The van der Waals surface area contributed by atoms with Gasteiger partial charge in [0.05, 0.1) is 29.1 Å². The third-order valence-corrected chi connectivity index (χ3v) is 4.71. The van der Waals surface area contributed by atoms with E-state index in [1.54, 1.807) is 36.4 Å². The van der Waals surface area contributed by atoms with Crippen molar-refractivity contribution in [3.63, 3.8) is 0 Å². The van der Waals surface area contributed by atoms with Crippen molar-refractivity contribution < 1.29 is 22.5 Å². The maximum Gasteiger partial charge on any atom is 0.323 e. The summed E-state index contributed by atoms with van der Waals surface area (Å²) in [6, 6.07) is 18.7. The van der Waals surface area contributed by atoms with Crippen LogP contribution in [0.4, 0.5) is 27.5 Å². The Labute approximate surface area is 173 Å². The van der Waals surface area contributed by atoms with Crippen molar-refractivity contribution in [2.75, 3.05) is 17.7 Å². The minimum Gasteiger partial charge on any atom is -0.494 e. The van der Waals surface area contributed by atoms with Crippen LogP contribution in [0.1, 0.15) is 0 Å². The molecule has 154 valence electrons. The highest BCUT2D eigenvalue weighted by Gasteiger charge is 2.10. The molecule has 0 saturated heterocycles. The van der Waals surface area contributed by atoms with Gasteiger partial charge in [0.2, 0.25) is 0 Å². The third-order valence-electron chi connectivity index (χ3n) is 3.86. The fourth-order valence-electron chi connectivity index (χ4n) is 2.47. The summed E-state index contributed by atoms with van der Waals surface area (Å²) in [7, 11) is -2.88. The van der Waals surface area contributed by atoms with Gasteiger partial charge in [-0.25, -0.2) is 4.79 Å². The molecule has 0 aliphatic heterocycles. The van der Waals surface area contributed by atoms with Gasteiger partial charge < -0.3 is 15.4 Å². The van der Waals surface area contributed by atoms with Crippen LogP contribution in [0.25, 0.3) is 0 Å². The van der Waals surface area contributed by atoms with Gasteiger partial charge in [0.15, 0.2) is 0 Å². The topological polar surface area (TPSA) is 129 Å². The number of anilines is 2. The van der Waals surface area contributed by atoms with Gasteiger partial charge in [0.25, 0.3) is 10.1 Å². The van der Waals surface area contributed by atoms with Gasteiger partial charge in [-0.1, -0.05) is 24.3 Å². The Morgan fingerprint density at radius 3 is 2.27 bits per heavy atom. The summed E-state index contributed by atoms with van der Waals surface area (Å²) in [4.78, 5) is 11.9. The number of para-hydroxylation sites is 1. The zero-order valence-corrected chi connectivity index (χ0v) is 16.6. The number of nitrogens with zero attached hydrogens (tertiary/aromatic N) is 2. The molecule has 0 aliphatic rings. The molecule has 2 amide bonds. The summed E-state index contributed by atoms with van der Waals surface area (Å²) in [5.41, 5.74) is 1.73. The van der Waals surface area contributed by atoms with Gasteiger partial charge in [-0.15, -0.1) is 0 Å². The number of urea groups is 1. The number of ether oxygens (including phenoxy) is 1. The number of hydrogen-bond donors (Lipinski definition) is 3. The Morgan fingerprint density at radius 1 is 0.900 bits per heavy atom. The Kier molecular flexibility index (Phi) is 6.40. The quantitative estimate of drug-likeness (QED) is 0.377. The van der Waals surface area contributed by atoms with Crippen molar-refractivity contribution >= 4 is 38.9 Å². The van der Waals surface area contributed by atoms with E-state index in [1.807, 2.05) is 18.2 Å². The maximum absolute atomic E-state index is 12.2. The maximum atomic E-state index is 12.2. The SMILES string of the molecule is COc1cc(N=Nc2cccc(S(=O)(=O)O)c2)ccc1NC(=O)Nc1ccccc1. The van der Waals surface area contributed by atoms with E-state index < -0.39 is 16.1 Å². The Hall–Kier alpha value is -3.76. The lowest BCUT2D eigenvalue weighted by Crippen LogP contribution is -2.19. The molecule has 0 fully saturated rings. The number of benzene rings is 3. The fraction of sp³-hybridized carbons (Fsp3) is 0.0500. The van der Waals surface area contributed by atoms with E-state index in [2.05, 4.69) is 20.9 Å². The second-order valence-corrected chi connectivity index (χ2v) is 7.42. The van der Waals surface area contributed by atoms with Gasteiger partial charge >= 0.3 is 6.03 Å². The zero-order chi connectivity index (χ0) is 21.6. The van der Waals surface area contributed by atoms with Gasteiger partial charge in [0, 0.05) is 11.8 Å². The average Bonchev–Trinajstić information content (AvgIpc) is 2.73. The molecule has 0 radical (unpaired) electrons. The van der Waals surface area contributed by atoms with E-state index in [0.717, 1.165) is 0 Å². The predicted molar refractivity (Wildman–Crippen MR) is 113 cm³/mol. The lowest BCUT2D eigenvalue weighted by atomic mass is 10.2. The number of nitrogens with one attached hydrogen (secondary N) is 2. The van der Waals surface area contributed by atoms with E-state index in [9.17, 15) is 13.2 Å². The molecule has 0 heterocycles. The largest absolute Gasteiger partial charge is 0.494 e. The van der Waals surface area contributed by atoms with Crippen LogP contribution in [-0.4, -0.2) is 26.1 Å². The van der Waals surface area contributed by atoms with E-state index in [4.69, 9.17) is 9.29 Å². The summed E-state index contributed by atoms with van der Waals surface area (Å²) >= 11 is 0. The molecule has 0 atom stereocenters. The van der Waals surface area contributed by atoms with E-state index in [1.165, 1.54) is 25.3 Å². The minimum atomic E-state index is -4.33. The first-order valence-corrected chi connectivity index (χ1v) is 10.1. The molecule has 3 aromatic rings. The van der Waals surface area contributed by atoms with Crippen LogP contribution in [0.5, 0.6) is 5.75 Å². The van der Waals surface area contributed by atoms with Crippen molar-refractivity contribution in [3.05, 3.63) is 72.8 Å². The first-order valence-electron chi connectivity index (χ1n) is 8.65. The summed E-state index contributed by atoms with van der Waals surface area (Å²) in [5.74, 6) is 0.362. The van der Waals surface area contributed by atoms with Crippen LogP contribution in [0.15, 0.2) is 87.9 Å². The number of rotatable bonds is 6. The van der Waals surface area contributed by atoms with Gasteiger partial charge in [-0.05, 0) is 42.5 Å². The number of carbonyl (C=O) groups is 1. The van der Waals surface area contributed by atoms with Gasteiger partial charge in [-0.2, -0.15) is 18.6 Å². The molecule has 3 N–H and O–H groups in total. The lowest BCUT2D eigenvalue weighted by molar-refractivity contribution is 0.262. The van der Waals surface area contributed by atoms with Crippen molar-refractivity contribution in [2.45, 2.75) is 4.90 Å². The highest BCUT2D eigenvalue weighted by Crippen LogP contribution is 2.30. The molecule has 0 aromatic heterocycles. The number of azo groups is 1. The molecule has 9 nitrogen and oxygen atoms in total. The van der Waals surface area contributed by atoms with Gasteiger partial charge in [0.1, 0.15) is 5.75 Å². The third kappa shape index (κ3) is 5.63. The normalized spacial score (nSPS) is 11.3. The van der Waals surface area contributed by atoms with E-state index in [-0.39, 0.29) is 10.6 Å². The molecule has 3 rings (SSSR count). The molecule has 30 heavy (non-hydrogen) atoms. The van der Waals surface area contributed by atoms with Crippen LogP contribution < -0.4 is 15.4 Å². The number of carbonyl (C=O) groups excluding carboxylic acids is 1. The predicted octanol–water partition coefficient (Wildman–Crippen LogP) is 5.00. The van der Waals surface area contributed by atoms with E-state index in [0.29, 0.717) is 22.8 Å². The first kappa shape index (κ1) is 21.0. The second-order valence-electron chi connectivity index (χ2n) is 6.00. The molecular formula is C20H18N4O5S.